The first-order valence-corrected chi connectivity index (χ1v) is 8.46. The smallest absolute Gasteiger partial charge is 0.303 e. The number of rotatable bonds is 6. The number of benzene rings is 2. The van der Waals surface area contributed by atoms with Crippen LogP contribution in [0.4, 0.5) is 0 Å². The standard InChI is InChI=1S/C21H23NO2/c1-3-17-9-10-18(15(2)13-20(23)24)21-19(17)11-12-22(21)14-16-7-5-4-6-8-16/h4-12,15H,3,13-14H2,1-2H3,(H,23,24)/t15-/m0/s1. The van der Waals surface area contributed by atoms with E-state index < -0.39 is 5.97 Å². The van der Waals surface area contributed by atoms with Crippen LogP contribution in [0.1, 0.15) is 42.9 Å². The van der Waals surface area contributed by atoms with Crippen LogP contribution >= 0.6 is 0 Å². The minimum Gasteiger partial charge on any atom is -0.481 e. The molecule has 0 fully saturated rings. The third kappa shape index (κ3) is 3.21. The fourth-order valence-electron chi connectivity index (χ4n) is 3.40. The van der Waals surface area contributed by atoms with E-state index in [2.05, 4.69) is 48.0 Å². The Labute approximate surface area is 142 Å². The third-order valence-electron chi connectivity index (χ3n) is 4.64. The molecule has 0 aliphatic rings. The lowest BCUT2D eigenvalue weighted by Crippen LogP contribution is -2.07. The minimum atomic E-state index is -0.753. The summed E-state index contributed by atoms with van der Waals surface area (Å²) >= 11 is 0. The van der Waals surface area contributed by atoms with E-state index in [1.54, 1.807) is 0 Å². The average Bonchev–Trinajstić information content (AvgIpc) is 2.98. The van der Waals surface area contributed by atoms with Gasteiger partial charge in [-0.05, 0) is 35.1 Å². The molecule has 0 bridgehead atoms. The molecule has 0 saturated heterocycles. The molecule has 1 aromatic heterocycles. The molecule has 0 amide bonds. The predicted octanol–water partition coefficient (Wildman–Crippen LogP) is 4.83. The van der Waals surface area contributed by atoms with Crippen molar-refractivity contribution in [2.75, 3.05) is 0 Å². The van der Waals surface area contributed by atoms with E-state index >= 15 is 0 Å². The van der Waals surface area contributed by atoms with Gasteiger partial charge in [-0.25, -0.2) is 0 Å². The molecule has 0 aliphatic heterocycles. The van der Waals surface area contributed by atoms with Gasteiger partial charge >= 0.3 is 5.97 Å². The zero-order valence-electron chi connectivity index (χ0n) is 14.2. The van der Waals surface area contributed by atoms with Crippen molar-refractivity contribution in [2.24, 2.45) is 0 Å². The maximum Gasteiger partial charge on any atom is 0.303 e. The Hall–Kier alpha value is -2.55. The number of aliphatic carboxylic acids is 1. The summed E-state index contributed by atoms with van der Waals surface area (Å²) in [7, 11) is 0. The number of hydrogen-bond acceptors (Lipinski definition) is 1. The van der Waals surface area contributed by atoms with Gasteiger partial charge in [0.15, 0.2) is 0 Å². The van der Waals surface area contributed by atoms with Crippen LogP contribution in [0.5, 0.6) is 0 Å². The highest BCUT2D eigenvalue weighted by Gasteiger charge is 2.17. The Kier molecular flexibility index (Phi) is 4.70. The number of aromatic nitrogens is 1. The Balaban J connectivity index is 2.10. The fraction of sp³-hybridized carbons (Fsp3) is 0.286. The van der Waals surface area contributed by atoms with E-state index in [4.69, 9.17) is 5.11 Å². The van der Waals surface area contributed by atoms with Gasteiger partial charge in [0.25, 0.3) is 0 Å². The molecule has 0 spiro atoms. The summed E-state index contributed by atoms with van der Waals surface area (Å²) in [4.78, 5) is 11.1. The first-order chi connectivity index (χ1) is 11.6. The number of fused-ring (bicyclic) bond motifs is 1. The van der Waals surface area contributed by atoms with Crippen molar-refractivity contribution >= 4 is 16.9 Å². The van der Waals surface area contributed by atoms with Crippen LogP contribution in [0.3, 0.4) is 0 Å². The Bertz CT molecular complexity index is 849. The van der Waals surface area contributed by atoms with E-state index in [1.165, 1.54) is 22.0 Å². The Morgan fingerprint density at radius 3 is 2.54 bits per heavy atom. The van der Waals surface area contributed by atoms with Gasteiger partial charge in [-0.3, -0.25) is 4.79 Å². The normalized spacial score (nSPS) is 12.4. The summed E-state index contributed by atoms with van der Waals surface area (Å²) < 4.78 is 2.25. The molecule has 0 radical (unpaired) electrons. The van der Waals surface area contributed by atoms with E-state index in [-0.39, 0.29) is 12.3 Å². The van der Waals surface area contributed by atoms with Gasteiger partial charge in [-0.15, -0.1) is 0 Å². The highest BCUT2D eigenvalue weighted by molar-refractivity contribution is 5.87. The maximum atomic E-state index is 11.1. The largest absolute Gasteiger partial charge is 0.481 e. The molecule has 3 aromatic rings. The number of hydrogen-bond donors (Lipinski definition) is 1. The molecule has 3 nitrogen and oxygen atoms in total. The van der Waals surface area contributed by atoms with Gasteiger partial charge in [-0.1, -0.05) is 56.3 Å². The van der Waals surface area contributed by atoms with Crippen molar-refractivity contribution in [3.8, 4) is 0 Å². The van der Waals surface area contributed by atoms with Crippen molar-refractivity contribution in [1.82, 2.24) is 4.57 Å². The highest BCUT2D eigenvalue weighted by atomic mass is 16.4. The van der Waals surface area contributed by atoms with Gasteiger partial charge in [0.1, 0.15) is 0 Å². The van der Waals surface area contributed by atoms with Crippen LogP contribution in [0.25, 0.3) is 10.9 Å². The lowest BCUT2D eigenvalue weighted by molar-refractivity contribution is -0.137. The number of aryl methyl sites for hydroxylation is 1. The first kappa shape index (κ1) is 16.3. The van der Waals surface area contributed by atoms with Crippen LogP contribution in [0.2, 0.25) is 0 Å². The Morgan fingerprint density at radius 2 is 1.88 bits per heavy atom. The number of nitrogens with zero attached hydrogens (tertiary/aromatic N) is 1. The van der Waals surface area contributed by atoms with E-state index in [0.29, 0.717) is 0 Å². The van der Waals surface area contributed by atoms with Gasteiger partial charge in [0.05, 0.1) is 11.9 Å². The van der Waals surface area contributed by atoms with Crippen LogP contribution in [0, 0.1) is 0 Å². The van der Waals surface area contributed by atoms with Gasteiger partial charge in [0, 0.05) is 18.1 Å². The molecule has 2 aromatic carbocycles. The monoisotopic (exact) mass is 321 g/mol. The molecule has 1 heterocycles. The summed E-state index contributed by atoms with van der Waals surface area (Å²) in [6.45, 7) is 4.95. The minimum absolute atomic E-state index is 0.0136. The molecular weight excluding hydrogens is 298 g/mol. The van der Waals surface area contributed by atoms with Crippen molar-refractivity contribution < 1.29 is 9.90 Å². The maximum absolute atomic E-state index is 11.1. The number of carbonyl (C=O) groups is 1. The van der Waals surface area contributed by atoms with Crippen molar-refractivity contribution in [1.29, 1.82) is 0 Å². The quantitative estimate of drug-likeness (QED) is 0.706. The van der Waals surface area contributed by atoms with Gasteiger partial charge < -0.3 is 9.67 Å². The zero-order valence-corrected chi connectivity index (χ0v) is 14.2. The molecular formula is C21H23NO2. The molecule has 1 atom stereocenters. The van der Waals surface area contributed by atoms with Crippen LogP contribution < -0.4 is 0 Å². The molecule has 24 heavy (non-hydrogen) atoms. The van der Waals surface area contributed by atoms with Gasteiger partial charge in [0.2, 0.25) is 0 Å². The second kappa shape index (κ2) is 6.91. The van der Waals surface area contributed by atoms with E-state index in [0.717, 1.165) is 18.5 Å². The first-order valence-electron chi connectivity index (χ1n) is 8.46. The zero-order chi connectivity index (χ0) is 17.1. The van der Waals surface area contributed by atoms with Gasteiger partial charge in [-0.2, -0.15) is 0 Å². The van der Waals surface area contributed by atoms with Crippen molar-refractivity contribution in [2.45, 2.75) is 39.2 Å². The fourth-order valence-corrected chi connectivity index (χ4v) is 3.40. The summed E-state index contributed by atoms with van der Waals surface area (Å²) in [5, 5.41) is 10.4. The molecule has 3 heteroatoms. The summed E-state index contributed by atoms with van der Waals surface area (Å²) in [5.41, 5.74) is 4.84. The van der Waals surface area contributed by atoms with Crippen LogP contribution in [0.15, 0.2) is 54.7 Å². The number of carboxylic acid groups (broad SMARTS) is 1. The second-order valence-electron chi connectivity index (χ2n) is 6.36. The van der Waals surface area contributed by atoms with Crippen LogP contribution in [-0.4, -0.2) is 15.6 Å². The second-order valence-corrected chi connectivity index (χ2v) is 6.36. The number of carboxylic acids is 1. The Morgan fingerprint density at radius 1 is 1.12 bits per heavy atom. The topological polar surface area (TPSA) is 42.2 Å². The summed E-state index contributed by atoms with van der Waals surface area (Å²) in [6, 6.07) is 16.8. The molecule has 3 rings (SSSR count). The van der Waals surface area contributed by atoms with Crippen molar-refractivity contribution in [3.63, 3.8) is 0 Å². The molecule has 124 valence electrons. The lowest BCUT2D eigenvalue weighted by atomic mass is 9.93. The van der Waals surface area contributed by atoms with Crippen molar-refractivity contribution in [3.05, 3.63) is 71.4 Å². The molecule has 0 aliphatic carbocycles. The molecule has 0 saturated carbocycles. The van der Waals surface area contributed by atoms with E-state index in [9.17, 15) is 4.79 Å². The summed E-state index contributed by atoms with van der Waals surface area (Å²) in [6.07, 6.45) is 3.24. The van der Waals surface area contributed by atoms with E-state index in [1.807, 2.05) is 25.1 Å². The average molecular weight is 321 g/mol. The predicted molar refractivity (Wildman–Crippen MR) is 97.5 cm³/mol. The molecule has 1 N–H and O–H groups in total. The summed E-state index contributed by atoms with van der Waals surface area (Å²) in [5.74, 6) is -0.767. The molecule has 0 unspecified atom stereocenters. The highest BCUT2D eigenvalue weighted by Crippen LogP contribution is 2.31. The SMILES string of the molecule is CCc1ccc([C@@H](C)CC(=O)O)c2c1ccn2Cc1ccccc1. The third-order valence-corrected chi connectivity index (χ3v) is 4.64. The van der Waals surface area contributed by atoms with Crippen LogP contribution in [-0.2, 0) is 17.8 Å². The lowest BCUT2D eigenvalue weighted by Gasteiger charge is -2.16.